The number of hydrogen-bond acceptors (Lipinski definition) is 4. The van der Waals surface area contributed by atoms with Crippen molar-refractivity contribution in [2.24, 2.45) is 0 Å². The number of nitrogens with zero attached hydrogens (tertiary/aromatic N) is 1. The van der Waals surface area contributed by atoms with Gasteiger partial charge in [-0.05, 0) is 35.8 Å². The smallest absolute Gasteiger partial charge is 0.346 e. The molecule has 1 N–H and O–H groups in total. The lowest BCUT2D eigenvalue weighted by atomic mass is 10.0. The summed E-state index contributed by atoms with van der Waals surface area (Å²) >= 11 is 0. The third-order valence-corrected chi connectivity index (χ3v) is 3.04. The Hall–Kier alpha value is -2.74. The highest BCUT2D eigenvalue weighted by molar-refractivity contribution is 5.91. The quantitative estimate of drug-likeness (QED) is 0.511. The van der Waals surface area contributed by atoms with Crippen LogP contribution < -0.4 is 9.47 Å². The van der Waals surface area contributed by atoms with Crippen LogP contribution in [0.2, 0.25) is 0 Å². The molecule has 0 saturated carbocycles. The Bertz CT molecular complexity index is 653. The SMILES string of the molecule is CCCc1cc2c(cc1C=CC=C(C#N)C(=O)O)OCO2. The molecule has 1 aliphatic heterocycles. The number of benzene rings is 1. The number of rotatable bonds is 5. The molecule has 21 heavy (non-hydrogen) atoms. The van der Waals surface area contributed by atoms with Gasteiger partial charge in [-0.1, -0.05) is 25.5 Å². The summed E-state index contributed by atoms with van der Waals surface area (Å²) in [5.74, 6) is 0.174. The number of hydrogen-bond donors (Lipinski definition) is 1. The summed E-state index contributed by atoms with van der Waals surface area (Å²) in [5, 5.41) is 17.5. The highest BCUT2D eigenvalue weighted by Gasteiger charge is 2.15. The minimum Gasteiger partial charge on any atom is -0.477 e. The van der Waals surface area contributed by atoms with Gasteiger partial charge in [0.2, 0.25) is 6.79 Å². The van der Waals surface area contributed by atoms with E-state index in [1.165, 1.54) is 6.08 Å². The maximum atomic E-state index is 10.7. The average Bonchev–Trinajstić information content (AvgIpc) is 2.90. The molecular formula is C16H15NO4. The summed E-state index contributed by atoms with van der Waals surface area (Å²) < 4.78 is 10.7. The molecule has 0 saturated heterocycles. The van der Waals surface area contributed by atoms with E-state index in [4.69, 9.17) is 19.8 Å². The van der Waals surface area contributed by atoms with Gasteiger partial charge in [0.1, 0.15) is 11.6 Å². The van der Waals surface area contributed by atoms with Crippen molar-refractivity contribution in [1.82, 2.24) is 0 Å². The zero-order chi connectivity index (χ0) is 15.2. The number of carbonyl (C=O) groups is 1. The predicted molar refractivity (Wildman–Crippen MR) is 76.9 cm³/mol. The van der Waals surface area contributed by atoms with E-state index in [9.17, 15) is 4.79 Å². The Labute approximate surface area is 122 Å². The number of aryl methyl sites for hydroxylation is 1. The zero-order valence-electron chi connectivity index (χ0n) is 11.6. The highest BCUT2D eigenvalue weighted by atomic mass is 16.7. The van der Waals surface area contributed by atoms with Gasteiger partial charge in [0, 0.05) is 0 Å². The molecule has 5 nitrogen and oxygen atoms in total. The molecule has 0 fully saturated rings. The van der Waals surface area contributed by atoms with Crippen molar-refractivity contribution < 1.29 is 19.4 Å². The lowest BCUT2D eigenvalue weighted by Gasteiger charge is -2.06. The van der Waals surface area contributed by atoms with Crippen molar-refractivity contribution in [2.75, 3.05) is 6.79 Å². The van der Waals surface area contributed by atoms with Crippen molar-refractivity contribution in [3.05, 3.63) is 41.0 Å². The fraction of sp³-hybridized carbons (Fsp3) is 0.250. The number of nitriles is 1. The number of carboxylic acid groups (broad SMARTS) is 1. The van der Waals surface area contributed by atoms with Gasteiger partial charge in [-0.25, -0.2) is 4.79 Å². The molecule has 1 aromatic rings. The average molecular weight is 285 g/mol. The minimum absolute atomic E-state index is 0.214. The van der Waals surface area contributed by atoms with E-state index < -0.39 is 5.97 Å². The summed E-state index contributed by atoms with van der Waals surface area (Å²) in [4.78, 5) is 10.7. The van der Waals surface area contributed by atoms with Crippen LogP contribution >= 0.6 is 0 Å². The summed E-state index contributed by atoms with van der Waals surface area (Å²) in [6.45, 7) is 2.29. The highest BCUT2D eigenvalue weighted by Crippen LogP contribution is 2.35. The van der Waals surface area contributed by atoms with E-state index in [-0.39, 0.29) is 12.4 Å². The Balaban J connectivity index is 2.31. The Morgan fingerprint density at radius 1 is 1.43 bits per heavy atom. The van der Waals surface area contributed by atoms with Crippen molar-refractivity contribution in [3.8, 4) is 17.6 Å². The summed E-state index contributed by atoms with van der Waals surface area (Å²) in [5.41, 5.74) is 1.73. The Morgan fingerprint density at radius 3 is 2.76 bits per heavy atom. The maximum absolute atomic E-state index is 10.7. The first-order chi connectivity index (χ1) is 10.2. The van der Waals surface area contributed by atoms with Gasteiger partial charge in [-0.15, -0.1) is 0 Å². The Morgan fingerprint density at radius 2 is 2.14 bits per heavy atom. The number of carboxylic acids is 1. The van der Waals surface area contributed by atoms with Gasteiger partial charge < -0.3 is 14.6 Å². The third-order valence-electron chi connectivity index (χ3n) is 3.04. The molecular weight excluding hydrogens is 270 g/mol. The van der Waals surface area contributed by atoms with Gasteiger partial charge >= 0.3 is 5.97 Å². The minimum atomic E-state index is -1.23. The van der Waals surface area contributed by atoms with Gasteiger partial charge in [0.25, 0.3) is 0 Å². The van der Waals surface area contributed by atoms with Crippen LogP contribution in [0.15, 0.2) is 29.9 Å². The second kappa shape index (κ2) is 6.62. The molecule has 0 aromatic heterocycles. The molecule has 0 radical (unpaired) electrons. The molecule has 1 aromatic carbocycles. The van der Waals surface area contributed by atoms with Crippen LogP contribution in [0.25, 0.3) is 6.08 Å². The van der Waals surface area contributed by atoms with Gasteiger partial charge in [0.15, 0.2) is 11.5 Å². The van der Waals surface area contributed by atoms with Crippen LogP contribution in [0.1, 0.15) is 24.5 Å². The molecule has 0 unspecified atom stereocenters. The van der Waals surface area contributed by atoms with Gasteiger partial charge in [0.05, 0.1) is 0 Å². The first kappa shape index (κ1) is 14.7. The second-order valence-corrected chi connectivity index (χ2v) is 4.51. The number of aliphatic carboxylic acids is 1. The molecule has 108 valence electrons. The number of allylic oxidation sites excluding steroid dienone is 2. The third kappa shape index (κ3) is 3.42. The van der Waals surface area contributed by atoms with E-state index >= 15 is 0 Å². The van der Waals surface area contributed by atoms with Crippen molar-refractivity contribution in [3.63, 3.8) is 0 Å². The standard InChI is InChI=1S/C16H15NO4/c1-2-4-11-7-14-15(21-10-20-14)8-12(11)5-3-6-13(9-17)16(18)19/h3,5-8H,2,4,10H2,1H3,(H,18,19). The van der Waals surface area contributed by atoms with Crippen molar-refractivity contribution in [1.29, 1.82) is 5.26 Å². The summed E-state index contributed by atoms with van der Waals surface area (Å²) in [6.07, 6.45) is 6.47. The molecule has 1 aliphatic rings. The largest absolute Gasteiger partial charge is 0.477 e. The number of fused-ring (bicyclic) bond motifs is 1. The zero-order valence-corrected chi connectivity index (χ0v) is 11.6. The predicted octanol–water partition coefficient (Wildman–Crippen LogP) is 2.92. The molecule has 0 atom stereocenters. The van der Waals surface area contributed by atoms with E-state index in [0.717, 1.165) is 29.7 Å². The maximum Gasteiger partial charge on any atom is 0.346 e. The fourth-order valence-electron chi connectivity index (χ4n) is 2.05. The van der Waals surface area contributed by atoms with Crippen LogP contribution in [0, 0.1) is 11.3 Å². The van der Waals surface area contributed by atoms with Gasteiger partial charge in [-0.2, -0.15) is 5.26 Å². The first-order valence-electron chi connectivity index (χ1n) is 6.60. The van der Waals surface area contributed by atoms with Crippen LogP contribution in [0.4, 0.5) is 0 Å². The molecule has 5 heteroatoms. The van der Waals surface area contributed by atoms with E-state index in [0.29, 0.717) is 5.75 Å². The molecule has 0 spiro atoms. The first-order valence-corrected chi connectivity index (χ1v) is 6.60. The molecule has 0 aliphatic carbocycles. The van der Waals surface area contributed by atoms with E-state index in [2.05, 4.69) is 6.92 Å². The van der Waals surface area contributed by atoms with Crippen LogP contribution in [-0.4, -0.2) is 17.9 Å². The molecule has 0 bridgehead atoms. The summed E-state index contributed by atoms with van der Waals surface area (Å²) in [6, 6.07) is 5.44. The fourth-order valence-corrected chi connectivity index (χ4v) is 2.05. The molecule has 0 amide bonds. The lowest BCUT2D eigenvalue weighted by Crippen LogP contribution is -1.96. The normalized spacial score (nSPS) is 13.4. The van der Waals surface area contributed by atoms with Crippen molar-refractivity contribution in [2.45, 2.75) is 19.8 Å². The summed E-state index contributed by atoms with van der Waals surface area (Å²) in [7, 11) is 0. The van der Waals surface area contributed by atoms with Crippen molar-refractivity contribution >= 4 is 12.0 Å². The topological polar surface area (TPSA) is 79.6 Å². The monoisotopic (exact) mass is 285 g/mol. The lowest BCUT2D eigenvalue weighted by molar-refractivity contribution is -0.132. The van der Waals surface area contributed by atoms with Crippen LogP contribution in [-0.2, 0) is 11.2 Å². The second-order valence-electron chi connectivity index (χ2n) is 4.51. The van der Waals surface area contributed by atoms with E-state index in [1.807, 2.05) is 12.1 Å². The van der Waals surface area contributed by atoms with Crippen LogP contribution in [0.3, 0.4) is 0 Å². The van der Waals surface area contributed by atoms with Crippen LogP contribution in [0.5, 0.6) is 11.5 Å². The Kier molecular flexibility index (Phi) is 4.62. The molecule has 1 heterocycles. The molecule has 2 rings (SSSR count). The number of ether oxygens (including phenoxy) is 2. The van der Waals surface area contributed by atoms with Gasteiger partial charge in [-0.3, -0.25) is 0 Å². The van der Waals surface area contributed by atoms with E-state index in [1.54, 1.807) is 18.2 Å².